The average Bonchev–Trinajstić information content (AvgIpc) is 1.84. The Morgan fingerprint density at radius 3 is 1.69 bits per heavy atom. The third-order valence-electron chi connectivity index (χ3n) is 0.875. The smallest absolute Gasteiger partial charge is 0.267 e. The van der Waals surface area contributed by atoms with Crippen molar-refractivity contribution in [1.82, 2.24) is 0 Å². The molecule has 0 heterocycles. The zero-order chi connectivity index (χ0) is 11.1. The lowest BCUT2D eigenvalue weighted by atomic mass is 10.1. The molecular weight excluding hydrogens is 196 g/mol. The second-order valence-electron chi connectivity index (χ2n) is 3.20. The first kappa shape index (κ1) is 15.3. The van der Waals surface area contributed by atoms with Crippen LogP contribution in [0.1, 0.15) is 13.8 Å². The first-order valence-corrected chi connectivity index (χ1v) is 5.28. The molecule has 82 valence electrons. The van der Waals surface area contributed by atoms with E-state index in [4.69, 9.17) is 21.1 Å². The van der Waals surface area contributed by atoms with Crippen molar-refractivity contribution in [2.75, 3.05) is 18.9 Å². The van der Waals surface area contributed by atoms with Crippen molar-refractivity contribution >= 4 is 10.1 Å². The van der Waals surface area contributed by atoms with Gasteiger partial charge in [-0.15, -0.1) is 0 Å². The van der Waals surface area contributed by atoms with Crippen molar-refractivity contribution < 1.29 is 18.1 Å². The Morgan fingerprint density at radius 2 is 1.69 bits per heavy atom. The topological polar surface area (TPSA) is 127 Å². The van der Waals surface area contributed by atoms with E-state index in [1.807, 2.05) is 13.8 Å². The highest BCUT2D eigenvalue weighted by atomic mass is 32.2. The third kappa shape index (κ3) is 24.5. The maximum atomic E-state index is 9.63. The molecule has 6 nitrogen and oxygen atoms in total. The van der Waals surface area contributed by atoms with Gasteiger partial charge in [-0.1, -0.05) is 0 Å². The van der Waals surface area contributed by atoms with Crippen LogP contribution in [-0.2, 0) is 10.1 Å². The molecule has 6 N–H and O–H groups in total. The number of nitrogens with two attached hydrogens (primary N) is 2. The lowest BCUT2D eigenvalue weighted by molar-refractivity contribution is 0.315. The minimum Gasteiger partial charge on any atom is -0.395 e. The molecular formula is C6H18N2O4S. The quantitative estimate of drug-likeness (QED) is 0.426. The number of aliphatic hydroxyl groups excluding tert-OH is 1. The van der Waals surface area contributed by atoms with E-state index in [-0.39, 0.29) is 5.54 Å². The Balaban J connectivity index is 0. The van der Waals surface area contributed by atoms with Crippen molar-refractivity contribution in [3.05, 3.63) is 0 Å². The summed E-state index contributed by atoms with van der Waals surface area (Å²) in [6.07, 6.45) is 0. The highest BCUT2D eigenvalue weighted by Gasteiger charge is 2.04. The monoisotopic (exact) mass is 214 g/mol. The zero-order valence-corrected chi connectivity index (χ0v) is 8.71. The molecule has 0 unspecified atom stereocenters. The van der Waals surface area contributed by atoms with Gasteiger partial charge in [0.05, 0.1) is 12.4 Å². The molecule has 0 aliphatic heterocycles. The first-order chi connectivity index (χ1) is 5.62. The van der Waals surface area contributed by atoms with Crippen LogP contribution in [0.2, 0.25) is 0 Å². The van der Waals surface area contributed by atoms with Gasteiger partial charge in [0.2, 0.25) is 0 Å². The van der Waals surface area contributed by atoms with Crippen LogP contribution in [-0.4, -0.2) is 42.5 Å². The fourth-order valence-electron chi connectivity index (χ4n) is 0.115. The highest BCUT2D eigenvalue weighted by Crippen LogP contribution is 1.88. The predicted octanol–water partition coefficient (Wildman–Crippen LogP) is -1.45. The molecule has 0 fully saturated rings. The zero-order valence-electron chi connectivity index (χ0n) is 7.90. The summed E-state index contributed by atoms with van der Waals surface area (Å²) in [7, 11) is -3.92. The summed E-state index contributed by atoms with van der Waals surface area (Å²) < 4.78 is 27.1. The number of hydrogen-bond donors (Lipinski definition) is 4. The lowest BCUT2D eigenvalue weighted by Gasteiger charge is -2.13. The van der Waals surface area contributed by atoms with E-state index in [1.54, 1.807) is 0 Å². The van der Waals surface area contributed by atoms with E-state index in [1.165, 1.54) is 0 Å². The average molecular weight is 214 g/mol. The van der Waals surface area contributed by atoms with Crippen LogP contribution < -0.4 is 11.5 Å². The maximum absolute atomic E-state index is 9.63. The van der Waals surface area contributed by atoms with Crippen molar-refractivity contribution in [2.45, 2.75) is 19.4 Å². The molecule has 0 aliphatic rings. The van der Waals surface area contributed by atoms with Gasteiger partial charge in [-0.2, -0.15) is 8.42 Å². The van der Waals surface area contributed by atoms with Gasteiger partial charge in [-0.05, 0) is 13.8 Å². The van der Waals surface area contributed by atoms with Crippen LogP contribution in [0.5, 0.6) is 0 Å². The molecule has 0 spiro atoms. The normalized spacial score (nSPS) is 11.8. The standard InChI is InChI=1S/C4H12N2.C2H6O4S/c1-4(2,6)3-5;3-1-2-7(4,5)6/h3,5-6H2,1-2H3;3H,1-2H2,(H,4,5,6). The summed E-state index contributed by atoms with van der Waals surface area (Å²) in [6, 6.07) is 0. The van der Waals surface area contributed by atoms with Gasteiger partial charge < -0.3 is 16.6 Å². The second-order valence-corrected chi connectivity index (χ2v) is 4.77. The molecule has 0 amide bonds. The summed E-state index contributed by atoms with van der Waals surface area (Å²) in [5, 5.41) is 7.86. The molecule has 0 aromatic heterocycles. The number of aliphatic hydroxyl groups is 1. The molecule has 0 aromatic carbocycles. The number of rotatable bonds is 3. The summed E-state index contributed by atoms with van der Waals surface area (Å²) in [4.78, 5) is 0. The largest absolute Gasteiger partial charge is 0.395 e. The van der Waals surface area contributed by atoms with Crippen molar-refractivity contribution in [2.24, 2.45) is 11.5 Å². The van der Waals surface area contributed by atoms with Gasteiger partial charge in [0.15, 0.2) is 0 Å². The Kier molecular flexibility index (Phi) is 7.37. The lowest BCUT2D eigenvalue weighted by Crippen LogP contribution is -2.40. The van der Waals surface area contributed by atoms with Gasteiger partial charge in [-0.25, -0.2) is 0 Å². The number of hydrogen-bond acceptors (Lipinski definition) is 5. The molecule has 0 radical (unpaired) electrons. The fraction of sp³-hybridized carbons (Fsp3) is 1.00. The van der Waals surface area contributed by atoms with Crippen molar-refractivity contribution in [3.8, 4) is 0 Å². The molecule has 0 saturated carbocycles. The van der Waals surface area contributed by atoms with Gasteiger partial charge in [0.1, 0.15) is 0 Å². The van der Waals surface area contributed by atoms with E-state index < -0.39 is 22.5 Å². The molecule has 13 heavy (non-hydrogen) atoms. The first-order valence-electron chi connectivity index (χ1n) is 3.67. The van der Waals surface area contributed by atoms with Gasteiger partial charge in [0, 0.05) is 12.1 Å². The van der Waals surface area contributed by atoms with Gasteiger partial charge in [-0.3, -0.25) is 4.55 Å². The Labute approximate surface area is 78.7 Å². The summed E-state index contributed by atoms with van der Waals surface area (Å²) in [6.45, 7) is 3.81. The maximum Gasteiger partial charge on any atom is 0.267 e. The molecule has 0 atom stereocenters. The van der Waals surface area contributed by atoms with Crippen molar-refractivity contribution in [3.63, 3.8) is 0 Å². The van der Waals surface area contributed by atoms with E-state index in [2.05, 4.69) is 0 Å². The molecule has 7 heteroatoms. The highest BCUT2D eigenvalue weighted by molar-refractivity contribution is 7.85. The summed E-state index contributed by atoms with van der Waals surface area (Å²) in [5.41, 5.74) is 10.4. The van der Waals surface area contributed by atoms with E-state index >= 15 is 0 Å². The van der Waals surface area contributed by atoms with Crippen LogP contribution in [0.25, 0.3) is 0 Å². The van der Waals surface area contributed by atoms with Crippen LogP contribution in [0.4, 0.5) is 0 Å². The van der Waals surface area contributed by atoms with Crippen molar-refractivity contribution in [1.29, 1.82) is 0 Å². The molecule has 0 rings (SSSR count). The van der Waals surface area contributed by atoms with Crippen LogP contribution in [0, 0.1) is 0 Å². The van der Waals surface area contributed by atoms with E-state index in [0.29, 0.717) is 6.54 Å². The van der Waals surface area contributed by atoms with E-state index in [9.17, 15) is 8.42 Å². The van der Waals surface area contributed by atoms with Crippen LogP contribution >= 0.6 is 0 Å². The SMILES string of the molecule is CC(C)(N)CN.O=S(=O)(O)CCO. The summed E-state index contributed by atoms with van der Waals surface area (Å²) in [5.74, 6) is -0.576. The minimum atomic E-state index is -3.92. The molecule has 0 aromatic rings. The Morgan fingerprint density at radius 1 is 1.38 bits per heavy atom. The Hall–Kier alpha value is -0.210. The third-order valence-corrected chi connectivity index (χ3v) is 1.57. The second kappa shape index (κ2) is 6.28. The summed E-state index contributed by atoms with van der Waals surface area (Å²) >= 11 is 0. The molecule has 0 saturated heterocycles. The minimum absolute atomic E-state index is 0.181. The van der Waals surface area contributed by atoms with Crippen LogP contribution in [0.3, 0.4) is 0 Å². The van der Waals surface area contributed by atoms with Gasteiger partial charge in [0.25, 0.3) is 10.1 Å². The van der Waals surface area contributed by atoms with E-state index in [0.717, 1.165) is 0 Å². The molecule has 0 aliphatic carbocycles. The van der Waals surface area contributed by atoms with Crippen LogP contribution in [0.15, 0.2) is 0 Å². The fourth-order valence-corrected chi connectivity index (χ4v) is 0.346. The van der Waals surface area contributed by atoms with Gasteiger partial charge >= 0.3 is 0 Å². The predicted molar refractivity (Wildman–Crippen MR) is 50.8 cm³/mol. The Bertz CT molecular complexity index is 207. The molecule has 0 bridgehead atoms.